The van der Waals surface area contributed by atoms with Crippen molar-refractivity contribution in [3.05, 3.63) is 35.4 Å². The Morgan fingerprint density at radius 1 is 1.07 bits per heavy atom. The number of carbonyl (C=O) groups excluding carboxylic acids is 2. The highest BCUT2D eigenvalue weighted by atomic mass is 16.2. The molecule has 0 N–H and O–H groups in total. The lowest BCUT2D eigenvalue weighted by Crippen LogP contribution is -2.46. The summed E-state index contributed by atoms with van der Waals surface area (Å²) in [6.07, 6.45) is 0.444. The summed E-state index contributed by atoms with van der Waals surface area (Å²) < 4.78 is 0. The highest BCUT2D eigenvalue weighted by molar-refractivity contribution is 5.99. The molecule has 0 bridgehead atoms. The zero-order valence-corrected chi connectivity index (χ0v) is 8.14. The number of benzene rings is 1. The van der Waals surface area contributed by atoms with Crippen LogP contribution in [0.3, 0.4) is 0 Å². The van der Waals surface area contributed by atoms with Crippen molar-refractivity contribution in [2.75, 3.05) is 6.54 Å². The molecule has 0 spiro atoms. The average Bonchev–Trinajstić information content (AvgIpc) is 2.62. The van der Waals surface area contributed by atoms with E-state index in [1.807, 2.05) is 24.3 Å². The van der Waals surface area contributed by atoms with Crippen LogP contribution in [-0.4, -0.2) is 28.4 Å². The third-order valence-corrected chi connectivity index (χ3v) is 2.92. The van der Waals surface area contributed by atoms with E-state index >= 15 is 0 Å². The number of carbonyl (C=O) groups is 2. The van der Waals surface area contributed by atoms with Crippen LogP contribution in [0.1, 0.15) is 22.3 Å². The quantitative estimate of drug-likeness (QED) is 0.624. The van der Waals surface area contributed by atoms with E-state index in [2.05, 4.69) is 0 Å². The first-order valence-electron chi connectivity index (χ1n) is 4.97. The number of fused-ring (bicyclic) bond motifs is 2. The largest absolute Gasteiger partial charge is 0.273 e. The molecule has 1 fully saturated rings. The Labute approximate surface area is 87.1 Å². The van der Waals surface area contributed by atoms with E-state index in [4.69, 9.17) is 0 Å². The van der Waals surface area contributed by atoms with Gasteiger partial charge >= 0.3 is 0 Å². The Morgan fingerprint density at radius 2 is 1.87 bits per heavy atom. The van der Waals surface area contributed by atoms with Crippen molar-refractivity contribution >= 4 is 11.8 Å². The molecule has 1 saturated heterocycles. The second-order valence-corrected chi connectivity index (χ2v) is 3.79. The van der Waals surface area contributed by atoms with Gasteiger partial charge in [-0.05, 0) is 11.6 Å². The number of nitrogens with zero attached hydrogens (tertiary/aromatic N) is 2. The highest BCUT2D eigenvalue weighted by Crippen LogP contribution is 2.26. The molecule has 0 radical (unpaired) electrons. The molecule has 1 aromatic rings. The molecule has 0 atom stereocenters. The van der Waals surface area contributed by atoms with Gasteiger partial charge in [-0.15, -0.1) is 0 Å². The van der Waals surface area contributed by atoms with Crippen molar-refractivity contribution in [1.29, 1.82) is 0 Å². The van der Waals surface area contributed by atoms with E-state index in [1.54, 1.807) is 10.0 Å². The molecule has 3 rings (SSSR count). The van der Waals surface area contributed by atoms with Crippen LogP contribution in [0, 0.1) is 0 Å². The van der Waals surface area contributed by atoms with Gasteiger partial charge in [-0.25, -0.2) is 10.0 Å². The van der Waals surface area contributed by atoms with Gasteiger partial charge < -0.3 is 0 Å². The zero-order chi connectivity index (χ0) is 10.4. The van der Waals surface area contributed by atoms with Crippen LogP contribution in [0.15, 0.2) is 24.3 Å². The second kappa shape index (κ2) is 2.82. The van der Waals surface area contributed by atoms with Crippen LogP contribution in [-0.2, 0) is 11.3 Å². The van der Waals surface area contributed by atoms with E-state index in [-0.39, 0.29) is 11.8 Å². The standard InChI is InChI=1S/C11H10N2O2/c14-10-5-6-12-11(15)9-4-2-1-3-8(9)7-13(10)12/h1-4H,5-7H2. The number of rotatable bonds is 0. The molecule has 4 heteroatoms. The van der Waals surface area contributed by atoms with Gasteiger partial charge in [-0.1, -0.05) is 18.2 Å². The van der Waals surface area contributed by atoms with E-state index < -0.39 is 0 Å². The minimum atomic E-state index is -0.0531. The normalized spacial score (nSPS) is 19.2. The molecule has 0 unspecified atom stereocenters. The molecule has 2 aliphatic rings. The average molecular weight is 202 g/mol. The molecule has 4 nitrogen and oxygen atoms in total. The topological polar surface area (TPSA) is 40.6 Å². The van der Waals surface area contributed by atoms with Gasteiger partial charge in [0.2, 0.25) is 5.91 Å². The summed E-state index contributed by atoms with van der Waals surface area (Å²) in [6, 6.07) is 7.46. The van der Waals surface area contributed by atoms with E-state index in [0.29, 0.717) is 19.5 Å². The summed E-state index contributed by atoms with van der Waals surface area (Å²) in [5.41, 5.74) is 1.66. The molecule has 0 aliphatic carbocycles. The number of amides is 2. The van der Waals surface area contributed by atoms with Crippen molar-refractivity contribution < 1.29 is 9.59 Å². The van der Waals surface area contributed by atoms with Crippen LogP contribution < -0.4 is 0 Å². The molecule has 1 aromatic carbocycles. The highest BCUT2D eigenvalue weighted by Gasteiger charge is 2.37. The lowest BCUT2D eigenvalue weighted by molar-refractivity contribution is -0.137. The fourth-order valence-corrected chi connectivity index (χ4v) is 2.14. The summed E-state index contributed by atoms with van der Waals surface area (Å²) in [5.74, 6) is -0.0134. The Kier molecular flexibility index (Phi) is 1.59. The van der Waals surface area contributed by atoms with Crippen molar-refractivity contribution in [1.82, 2.24) is 10.0 Å². The number of hydrogen-bond donors (Lipinski definition) is 0. The molecule has 2 amide bonds. The van der Waals surface area contributed by atoms with Crippen molar-refractivity contribution in [2.45, 2.75) is 13.0 Å². The smallest absolute Gasteiger partial charge is 0.272 e. The van der Waals surface area contributed by atoms with Gasteiger partial charge in [-0.2, -0.15) is 0 Å². The second-order valence-electron chi connectivity index (χ2n) is 3.79. The van der Waals surface area contributed by atoms with Gasteiger partial charge in [0.05, 0.1) is 13.1 Å². The van der Waals surface area contributed by atoms with Gasteiger partial charge in [-0.3, -0.25) is 9.59 Å². The first-order chi connectivity index (χ1) is 7.27. The Balaban J connectivity index is 2.10. The molecular formula is C11H10N2O2. The van der Waals surface area contributed by atoms with Gasteiger partial charge in [0.25, 0.3) is 5.91 Å². The summed E-state index contributed by atoms with van der Waals surface area (Å²) in [4.78, 5) is 23.5. The fraction of sp³-hybridized carbons (Fsp3) is 0.273. The Bertz CT molecular complexity index is 456. The molecule has 2 heterocycles. The molecular weight excluding hydrogens is 192 g/mol. The summed E-state index contributed by atoms with van der Waals surface area (Å²) >= 11 is 0. The predicted octanol–water partition coefficient (Wildman–Crippen LogP) is 0.790. The maximum absolute atomic E-state index is 12.0. The van der Waals surface area contributed by atoms with E-state index in [1.165, 1.54) is 0 Å². The van der Waals surface area contributed by atoms with Gasteiger partial charge in [0.15, 0.2) is 0 Å². The van der Waals surface area contributed by atoms with Gasteiger partial charge in [0, 0.05) is 12.0 Å². The van der Waals surface area contributed by atoms with Crippen molar-refractivity contribution in [2.24, 2.45) is 0 Å². The summed E-state index contributed by atoms with van der Waals surface area (Å²) in [7, 11) is 0. The lowest BCUT2D eigenvalue weighted by Gasteiger charge is -2.33. The van der Waals surface area contributed by atoms with Crippen LogP contribution in [0.2, 0.25) is 0 Å². The zero-order valence-electron chi connectivity index (χ0n) is 8.14. The molecule has 15 heavy (non-hydrogen) atoms. The Hall–Kier alpha value is -1.84. The SMILES string of the molecule is O=C1CCN2C(=O)c3ccccc3CN12. The minimum Gasteiger partial charge on any atom is -0.273 e. The van der Waals surface area contributed by atoms with Gasteiger partial charge in [0.1, 0.15) is 0 Å². The molecule has 0 saturated carbocycles. The lowest BCUT2D eigenvalue weighted by atomic mass is 10.1. The summed E-state index contributed by atoms with van der Waals surface area (Å²) in [5, 5.41) is 3.09. The molecule has 2 aliphatic heterocycles. The first kappa shape index (κ1) is 8.47. The third kappa shape index (κ3) is 1.08. The maximum atomic E-state index is 12.0. The first-order valence-corrected chi connectivity index (χ1v) is 4.97. The van der Waals surface area contributed by atoms with Crippen molar-refractivity contribution in [3.63, 3.8) is 0 Å². The number of hydrazine groups is 1. The maximum Gasteiger partial charge on any atom is 0.272 e. The third-order valence-electron chi connectivity index (χ3n) is 2.92. The Morgan fingerprint density at radius 3 is 2.73 bits per heavy atom. The van der Waals surface area contributed by atoms with Crippen molar-refractivity contribution in [3.8, 4) is 0 Å². The monoisotopic (exact) mass is 202 g/mol. The van der Waals surface area contributed by atoms with E-state index in [0.717, 1.165) is 11.1 Å². The minimum absolute atomic E-state index is 0.0397. The van der Waals surface area contributed by atoms with Crippen LogP contribution in [0.25, 0.3) is 0 Å². The van der Waals surface area contributed by atoms with Crippen LogP contribution in [0.4, 0.5) is 0 Å². The van der Waals surface area contributed by atoms with E-state index in [9.17, 15) is 9.59 Å². The molecule has 76 valence electrons. The van der Waals surface area contributed by atoms with Crippen LogP contribution >= 0.6 is 0 Å². The summed E-state index contributed by atoms with van der Waals surface area (Å²) in [6.45, 7) is 1.05. The predicted molar refractivity (Wildman–Crippen MR) is 52.6 cm³/mol. The number of hydrogen-bond acceptors (Lipinski definition) is 2. The molecule has 0 aromatic heterocycles. The fourth-order valence-electron chi connectivity index (χ4n) is 2.14. The van der Waals surface area contributed by atoms with Crippen LogP contribution in [0.5, 0.6) is 0 Å².